The van der Waals surface area contributed by atoms with Gasteiger partial charge >= 0.3 is 12.2 Å². The van der Waals surface area contributed by atoms with Crippen LogP contribution in [0.3, 0.4) is 0 Å². The van der Waals surface area contributed by atoms with Gasteiger partial charge in [0.2, 0.25) is 0 Å². The first-order valence-electron chi connectivity index (χ1n) is 10.8. The Morgan fingerprint density at radius 1 is 1.05 bits per heavy atom. The minimum absolute atomic E-state index is 0.00104. The second-order valence-corrected chi connectivity index (χ2v) is 9.34. The van der Waals surface area contributed by atoms with Gasteiger partial charge in [0.1, 0.15) is 5.15 Å². The third kappa shape index (κ3) is 5.77. The van der Waals surface area contributed by atoms with Crippen molar-refractivity contribution in [2.24, 2.45) is 0 Å². The van der Waals surface area contributed by atoms with Crippen LogP contribution in [0.1, 0.15) is 38.3 Å². The van der Waals surface area contributed by atoms with Crippen LogP contribution in [-0.2, 0) is 5.41 Å². The molecular weight excluding hydrogens is 518 g/mol. The maximum Gasteiger partial charge on any atom is 0.417 e. The van der Waals surface area contributed by atoms with Crippen molar-refractivity contribution in [3.05, 3.63) is 76.6 Å². The first kappa shape index (κ1) is 27.7. The topological polar surface area (TPSA) is 95.7 Å². The van der Waals surface area contributed by atoms with E-state index in [0.717, 1.165) is 0 Å². The van der Waals surface area contributed by atoms with Crippen LogP contribution in [0.2, 0.25) is 5.15 Å². The molecule has 0 bridgehead atoms. The molecule has 0 fully saturated rings. The van der Waals surface area contributed by atoms with Crippen LogP contribution in [0.5, 0.6) is 0 Å². The van der Waals surface area contributed by atoms with Crippen LogP contribution in [-0.4, -0.2) is 43.4 Å². The lowest BCUT2D eigenvalue weighted by Crippen LogP contribution is -2.24. The number of pyridine rings is 1. The summed E-state index contributed by atoms with van der Waals surface area (Å²) in [6, 6.07) is 3.93. The molecule has 2 N–H and O–H groups in total. The molecule has 2 aromatic heterocycles. The second-order valence-electron chi connectivity index (χ2n) is 8.96. The fourth-order valence-electron chi connectivity index (χ4n) is 3.89. The van der Waals surface area contributed by atoms with E-state index in [9.17, 15) is 32.3 Å². The zero-order chi connectivity index (χ0) is 27.7. The summed E-state index contributed by atoms with van der Waals surface area (Å²) in [4.78, 5) is 27.4. The van der Waals surface area contributed by atoms with E-state index >= 15 is 0 Å². The van der Waals surface area contributed by atoms with Gasteiger partial charge in [-0.2, -0.15) is 0 Å². The third-order valence-electron chi connectivity index (χ3n) is 5.37. The van der Waals surface area contributed by atoms with Crippen molar-refractivity contribution in [1.82, 2.24) is 14.5 Å². The first-order chi connectivity index (χ1) is 17.2. The number of halogens is 5. The minimum Gasteiger partial charge on any atom is -0.465 e. The van der Waals surface area contributed by atoms with E-state index in [1.807, 2.05) is 6.08 Å². The number of hydrogen-bond acceptors (Lipinski definition) is 3. The van der Waals surface area contributed by atoms with Crippen molar-refractivity contribution in [3.8, 4) is 11.3 Å². The predicted octanol–water partition coefficient (Wildman–Crippen LogP) is 7.45. The molecular formula is C25H22ClF4N3O4. The van der Waals surface area contributed by atoms with Crippen molar-refractivity contribution in [2.75, 3.05) is 6.54 Å². The van der Waals surface area contributed by atoms with Gasteiger partial charge in [-0.15, -0.1) is 0 Å². The van der Waals surface area contributed by atoms with Gasteiger partial charge in [0.15, 0.2) is 17.3 Å². The standard InChI is InChI=1S/C19H15ClF4N2O2.C6H7NO2/c1-19(2,3)14-8-4-5-13(20)25-17(8)26(18(27)28)15(14)9-6-11(21)12(22)7-10(9)16(23)24;8-6(9)7-4-2-1-3-5-7/h4-7,16H,1-3H3,(H,27,28);1-4H,5H2,(H,8,9). The molecule has 3 aromatic rings. The summed E-state index contributed by atoms with van der Waals surface area (Å²) in [6.07, 6.45) is 1.24. The highest BCUT2D eigenvalue weighted by molar-refractivity contribution is 6.29. The molecule has 3 heterocycles. The number of aromatic nitrogens is 2. The lowest BCUT2D eigenvalue weighted by molar-refractivity contribution is 0.151. The Morgan fingerprint density at radius 3 is 2.19 bits per heavy atom. The number of amides is 1. The van der Waals surface area contributed by atoms with Crippen LogP contribution >= 0.6 is 11.6 Å². The minimum atomic E-state index is -3.16. The largest absolute Gasteiger partial charge is 0.465 e. The number of rotatable bonds is 2. The van der Waals surface area contributed by atoms with Gasteiger partial charge < -0.3 is 10.2 Å². The van der Waals surface area contributed by atoms with Crippen molar-refractivity contribution >= 4 is 34.8 Å². The molecule has 196 valence electrons. The third-order valence-corrected chi connectivity index (χ3v) is 5.58. The molecule has 12 heteroatoms. The number of hydrogen-bond donors (Lipinski definition) is 2. The normalized spacial score (nSPS) is 13.2. The van der Waals surface area contributed by atoms with Gasteiger partial charge in [0, 0.05) is 29.3 Å². The molecule has 4 rings (SSSR count). The summed E-state index contributed by atoms with van der Waals surface area (Å²) in [5, 5.41) is 18.5. The molecule has 0 spiro atoms. The number of alkyl halides is 2. The molecule has 37 heavy (non-hydrogen) atoms. The maximum absolute atomic E-state index is 14.0. The van der Waals surface area contributed by atoms with E-state index in [-0.39, 0.29) is 16.5 Å². The van der Waals surface area contributed by atoms with Crippen LogP contribution in [0, 0.1) is 11.6 Å². The number of benzene rings is 1. The molecule has 0 aliphatic carbocycles. The summed E-state index contributed by atoms with van der Waals surface area (Å²) < 4.78 is 55.5. The van der Waals surface area contributed by atoms with E-state index < -0.39 is 46.8 Å². The molecule has 1 amide bonds. The number of allylic oxidation sites excluding steroid dienone is 2. The quantitative estimate of drug-likeness (QED) is 0.260. The van der Waals surface area contributed by atoms with E-state index in [1.54, 1.807) is 32.9 Å². The van der Waals surface area contributed by atoms with Crippen molar-refractivity contribution in [1.29, 1.82) is 0 Å². The Bertz CT molecular complexity index is 1430. The first-order valence-corrected chi connectivity index (χ1v) is 11.2. The van der Waals surface area contributed by atoms with Gasteiger partial charge in [-0.25, -0.2) is 36.7 Å². The van der Waals surface area contributed by atoms with Crippen LogP contribution in [0.25, 0.3) is 22.3 Å². The smallest absolute Gasteiger partial charge is 0.417 e. The van der Waals surface area contributed by atoms with Crippen LogP contribution in [0.4, 0.5) is 27.2 Å². The molecule has 0 atom stereocenters. The zero-order valence-corrected chi connectivity index (χ0v) is 20.6. The predicted molar refractivity (Wildman–Crippen MR) is 130 cm³/mol. The van der Waals surface area contributed by atoms with E-state index in [4.69, 9.17) is 16.7 Å². The average molecular weight is 540 g/mol. The summed E-state index contributed by atoms with van der Waals surface area (Å²) in [5.74, 6) is -2.82. The van der Waals surface area contributed by atoms with E-state index in [0.29, 0.717) is 34.2 Å². The van der Waals surface area contributed by atoms with E-state index in [1.165, 1.54) is 23.2 Å². The summed E-state index contributed by atoms with van der Waals surface area (Å²) in [6.45, 7) is 5.70. The highest BCUT2D eigenvalue weighted by Crippen LogP contribution is 2.44. The number of carboxylic acid groups (broad SMARTS) is 2. The highest BCUT2D eigenvalue weighted by atomic mass is 35.5. The van der Waals surface area contributed by atoms with Gasteiger partial charge in [-0.1, -0.05) is 44.5 Å². The van der Waals surface area contributed by atoms with Crippen molar-refractivity contribution in [3.63, 3.8) is 0 Å². The molecule has 0 saturated heterocycles. The molecule has 1 aliphatic heterocycles. The Kier molecular flexibility index (Phi) is 7.97. The number of fused-ring (bicyclic) bond motifs is 1. The number of nitrogens with zero attached hydrogens (tertiary/aromatic N) is 3. The van der Waals surface area contributed by atoms with Crippen molar-refractivity contribution < 1.29 is 37.4 Å². The summed E-state index contributed by atoms with van der Waals surface area (Å²) in [7, 11) is 0. The monoisotopic (exact) mass is 539 g/mol. The Morgan fingerprint density at radius 2 is 1.70 bits per heavy atom. The second kappa shape index (κ2) is 10.6. The molecule has 0 saturated carbocycles. The van der Waals surface area contributed by atoms with Crippen molar-refractivity contribution in [2.45, 2.75) is 32.6 Å². The van der Waals surface area contributed by atoms with E-state index in [2.05, 4.69) is 4.98 Å². The van der Waals surface area contributed by atoms with Gasteiger partial charge in [-0.3, -0.25) is 4.90 Å². The molecule has 1 aromatic carbocycles. The zero-order valence-electron chi connectivity index (χ0n) is 19.8. The molecule has 1 aliphatic rings. The Hall–Kier alpha value is -3.86. The van der Waals surface area contributed by atoms with Crippen LogP contribution in [0.15, 0.2) is 48.7 Å². The van der Waals surface area contributed by atoms with Gasteiger partial charge in [-0.05, 0) is 41.3 Å². The van der Waals surface area contributed by atoms with Gasteiger partial charge in [0.25, 0.3) is 6.43 Å². The summed E-state index contributed by atoms with van der Waals surface area (Å²) >= 11 is 5.90. The average Bonchev–Trinajstić information content (AvgIpc) is 3.16. The molecule has 7 nitrogen and oxygen atoms in total. The van der Waals surface area contributed by atoms with Crippen LogP contribution < -0.4 is 0 Å². The highest BCUT2D eigenvalue weighted by Gasteiger charge is 2.33. The fraction of sp³-hybridized carbons (Fsp3) is 0.240. The lowest BCUT2D eigenvalue weighted by atomic mass is 9.83. The number of carbonyl (C=O) groups is 2. The Labute approximate surface area is 213 Å². The molecule has 0 radical (unpaired) electrons. The maximum atomic E-state index is 14.0. The molecule has 0 unspecified atom stereocenters. The van der Waals surface area contributed by atoms with Gasteiger partial charge in [0.05, 0.1) is 5.69 Å². The summed E-state index contributed by atoms with van der Waals surface area (Å²) in [5.41, 5.74) is -1.91. The fourth-order valence-corrected chi connectivity index (χ4v) is 4.04. The Balaban J connectivity index is 0.000000356. The lowest BCUT2D eigenvalue weighted by Gasteiger charge is -2.22. The SMILES string of the molecule is CC(C)(C)c1c(-c2cc(F)c(F)cc2C(F)F)n(C(=O)O)c2nc(Cl)ccc12.O=C(O)N1C=CC=CC1.